The second kappa shape index (κ2) is 4.23. The summed E-state index contributed by atoms with van der Waals surface area (Å²) < 4.78 is 1.96. The Morgan fingerprint density at radius 1 is 1.22 bits per heavy atom. The largest absolute Gasteiger partial charge is 0.506 e. The van der Waals surface area contributed by atoms with Gasteiger partial charge >= 0.3 is 0 Å². The van der Waals surface area contributed by atoms with Crippen LogP contribution in [0, 0.1) is 0 Å². The van der Waals surface area contributed by atoms with Crippen molar-refractivity contribution in [2.45, 2.75) is 0 Å². The molecule has 0 aliphatic rings. The summed E-state index contributed by atoms with van der Waals surface area (Å²) in [6.45, 7) is 0. The molecule has 0 unspecified atom stereocenters. The second-order valence-corrected chi connectivity index (χ2v) is 4.27. The standard InChI is InChI=1S/C13H10ClN3O/c14-10-4-3-9(8-12(10)18)16-13-11-2-1-6-17(11)7-5-15-13/h1-8,18H,(H,15,16). The van der Waals surface area contributed by atoms with E-state index in [1.54, 1.807) is 24.4 Å². The molecule has 4 nitrogen and oxygen atoms in total. The van der Waals surface area contributed by atoms with Crippen molar-refractivity contribution in [3.63, 3.8) is 0 Å². The Balaban J connectivity index is 2.01. The van der Waals surface area contributed by atoms with Gasteiger partial charge in [0.1, 0.15) is 5.75 Å². The van der Waals surface area contributed by atoms with Gasteiger partial charge in [0.2, 0.25) is 0 Å². The zero-order valence-corrected chi connectivity index (χ0v) is 10.1. The molecular weight excluding hydrogens is 250 g/mol. The number of anilines is 2. The van der Waals surface area contributed by atoms with Crippen LogP contribution in [0.1, 0.15) is 0 Å². The van der Waals surface area contributed by atoms with E-state index < -0.39 is 0 Å². The average molecular weight is 260 g/mol. The molecule has 0 spiro atoms. The molecule has 0 amide bonds. The molecule has 1 aromatic carbocycles. The molecule has 0 saturated carbocycles. The van der Waals surface area contributed by atoms with Crippen molar-refractivity contribution in [3.8, 4) is 5.75 Å². The summed E-state index contributed by atoms with van der Waals surface area (Å²) in [5.41, 5.74) is 1.70. The summed E-state index contributed by atoms with van der Waals surface area (Å²) in [5, 5.41) is 13.0. The SMILES string of the molecule is Oc1cc(Nc2nccn3cccc23)ccc1Cl. The van der Waals surface area contributed by atoms with E-state index >= 15 is 0 Å². The highest BCUT2D eigenvalue weighted by Crippen LogP contribution is 2.28. The van der Waals surface area contributed by atoms with Gasteiger partial charge in [0.05, 0.1) is 10.5 Å². The van der Waals surface area contributed by atoms with Crippen molar-refractivity contribution in [2.75, 3.05) is 5.32 Å². The molecule has 0 aliphatic heterocycles. The van der Waals surface area contributed by atoms with Crippen LogP contribution in [0.3, 0.4) is 0 Å². The fraction of sp³-hybridized carbons (Fsp3) is 0. The summed E-state index contributed by atoms with van der Waals surface area (Å²) in [5.74, 6) is 0.772. The molecule has 0 saturated heterocycles. The molecule has 0 aliphatic carbocycles. The lowest BCUT2D eigenvalue weighted by Crippen LogP contribution is -1.96. The van der Waals surface area contributed by atoms with Gasteiger partial charge in [-0.25, -0.2) is 4.98 Å². The second-order valence-electron chi connectivity index (χ2n) is 3.87. The zero-order chi connectivity index (χ0) is 12.5. The third kappa shape index (κ3) is 1.87. The molecule has 0 atom stereocenters. The van der Waals surface area contributed by atoms with E-state index in [4.69, 9.17) is 11.6 Å². The fourth-order valence-corrected chi connectivity index (χ4v) is 1.91. The number of halogens is 1. The van der Waals surface area contributed by atoms with E-state index in [0.29, 0.717) is 5.02 Å². The molecule has 0 fully saturated rings. The highest BCUT2D eigenvalue weighted by atomic mass is 35.5. The molecule has 2 aromatic heterocycles. The van der Waals surface area contributed by atoms with Gasteiger partial charge in [0.15, 0.2) is 5.82 Å². The van der Waals surface area contributed by atoms with Crippen LogP contribution in [-0.2, 0) is 0 Å². The fourth-order valence-electron chi connectivity index (χ4n) is 1.79. The highest BCUT2D eigenvalue weighted by molar-refractivity contribution is 6.32. The zero-order valence-electron chi connectivity index (χ0n) is 9.34. The van der Waals surface area contributed by atoms with Crippen LogP contribution < -0.4 is 5.32 Å². The topological polar surface area (TPSA) is 49.6 Å². The number of nitrogens with zero attached hydrogens (tertiary/aromatic N) is 2. The van der Waals surface area contributed by atoms with Gasteiger partial charge in [-0.3, -0.25) is 0 Å². The maximum atomic E-state index is 9.55. The number of phenols is 1. The van der Waals surface area contributed by atoms with Gasteiger partial charge in [-0.2, -0.15) is 0 Å². The smallest absolute Gasteiger partial charge is 0.154 e. The van der Waals surface area contributed by atoms with Gasteiger partial charge in [0.25, 0.3) is 0 Å². The lowest BCUT2D eigenvalue weighted by molar-refractivity contribution is 0.476. The van der Waals surface area contributed by atoms with E-state index in [9.17, 15) is 5.11 Å². The van der Waals surface area contributed by atoms with Crippen molar-refractivity contribution >= 4 is 28.6 Å². The van der Waals surface area contributed by atoms with Crippen LogP contribution in [0.2, 0.25) is 5.02 Å². The third-order valence-corrected chi connectivity index (χ3v) is 2.98. The predicted octanol–water partition coefficient (Wildman–Crippen LogP) is 3.44. The van der Waals surface area contributed by atoms with E-state index in [1.807, 2.05) is 28.9 Å². The Morgan fingerprint density at radius 2 is 2.11 bits per heavy atom. The van der Waals surface area contributed by atoms with Crippen LogP contribution >= 0.6 is 11.6 Å². The van der Waals surface area contributed by atoms with E-state index in [0.717, 1.165) is 17.0 Å². The summed E-state index contributed by atoms with van der Waals surface area (Å²) in [7, 11) is 0. The highest BCUT2D eigenvalue weighted by Gasteiger charge is 2.04. The minimum absolute atomic E-state index is 0.0454. The Hall–Kier alpha value is -2.20. The summed E-state index contributed by atoms with van der Waals surface area (Å²) in [4.78, 5) is 4.28. The first-order valence-corrected chi connectivity index (χ1v) is 5.79. The van der Waals surface area contributed by atoms with Gasteiger partial charge in [-0.05, 0) is 24.3 Å². The van der Waals surface area contributed by atoms with Gasteiger partial charge in [-0.15, -0.1) is 0 Å². The summed E-state index contributed by atoms with van der Waals surface area (Å²) in [6.07, 6.45) is 5.53. The van der Waals surface area contributed by atoms with Crippen LogP contribution in [-0.4, -0.2) is 14.5 Å². The van der Waals surface area contributed by atoms with Crippen molar-refractivity contribution in [1.29, 1.82) is 0 Å². The number of aromatic hydroxyl groups is 1. The Kier molecular flexibility index (Phi) is 2.57. The Morgan fingerprint density at radius 3 is 2.94 bits per heavy atom. The van der Waals surface area contributed by atoms with E-state index in [-0.39, 0.29) is 5.75 Å². The lowest BCUT2D eigenvalue weighted by Gasteiger charge is -2.08. The molecular formula is C13H10ClN3O. The number of benzene rings is 1. The number of hydrogen-bond donors (Lipinski definition) is 2. The molecule has 3 aromatic rings. The number of phenolic OH excluding ortho intramolecular Hbond substituents is 1. The third-order valence-electron chi connectivity index (χ3n) is 2.66. The maximum Gasteiger partial charge on any atom is 0.154 e. The summed E-state index contributed by atoms with van der Waals surface area (Å²) >= 11 is 5.76. The maximum absolute atomic E-state index is 9.55. The van der Waals surface area contributed by atoms with Crippen LogP contribution in [0.4, 0.5) is 11.5 Å². The van der Waals surface area contributed by atoms with E-state index in [2.05, 4.69) is 10.3 Å². The molecule has 2 N–H and O–H groups in total. The number of aromatic nitrogens is 2. The monoisotopic (exact) mass is 259 g/mol. The molecule has 0 bridgehead atoms. The number of fused-ring (bicyclic) bond motifs is 1. The minimum Gasteiger partial charge on any atom is -0.506 e. The molecule has 90 valence electrons. The van der Waals surface area contributed by atoms with Crippen LogP contribution in [0.15, 0.2) is 48.9 Å². The van der Waals surface area contributed by atoms with Crippen molar-refractivity contribution in [1.82, 2.24) is 9.38 Å². The first kappa shape index (κ1) is 10.9. The predicted molar refractivity (Wildman–Crippen MR) is 71.6 cm³/mol. The molecule has 0 radical (unpaired) electrons. The minimum atomic E-state index is 0.0454. The van der Waals surface area contributed by atoms with Crippen LogP contribution in [0.5, 0.6) is 5.75 Å². The van der Waals surface area contributed by atoms with E-state index in [1.165, 1.54) is 0 Å². The summed E-state index contributed by atoms with van der Waals surface area (Å²) in [6, 6.07) is 8.90. The van der Waals surface area contributed by atoms with Gasteiger partial charge in [0, 0.05) is 30.3 Å². The van der Waals surface area contributed by atoms with Gasteiger partial charge < -0.3 is 14.8 Å². The Bertz CT molecular complexity index is 708. The first-order chi connectivity index (χ1) is 8.74. The molecule has 5 heteroatoms. The molecule has 3 rings (SSSR count). The Labute approximate surface area is 108 Å². The molecule has 2 heterocycles. The van der Waals surface area contributed by atoms with Gasteiger partial charge in [-0.1, -0.05) is 11.6 Å². The van der Waals surface area contributed by atoms with Crippen molar-refractivity contribution < 1.29 is 5.11 Å². The average Bonchev–Trinajstić information content (AvgIpc) is 2.83. The van der Waals surface area contributed by atoms with Crippen LogP contribution in [0.25, 0.3) is 5.52 Å². The number of nitrogens with one attached hydrogen (secondary N) is 1. The number of rotatable bonds is 2. The van der Waals surface area contributed by atoms with Crippen molar-refractivity contribution in [3.05, 3.63) is 53.9 Å². The lowest BCUT2D eigenvalue weighted by atomic mass is 10.3. The normalized spacial score (nSPS) is 10.7. The first-order valence-electron chi connectivity index (χ1n) is 5.41. The molecule has 18 heavy (non-hydrogen) atoms. The quantitative estimate of drug-likeness (QED) is 0.741. The number of hydrogen-bond acceptors (Lipinski definition) is 3. The van der Waals surface area contributed by atoms with Crippen molar-refractivity contribution in [2.24, 2.45) is 0 Å².